The van der Waals surface area contributed by atoms with Gasteiger partial charge in [0.05, 0.1) is 11.5 Å². The summed E-state index contributed by atoms with van der Waals surface area (Å²) in [6.07, 6.45) is 0. The van der Waals surface area contributed by atoms with E-state index in [9.17, 15) is 0 Å². The second-order valence-corrected chi connectivity index (χ2v) is 4.71. The number of hydrogen-bond donors (Lipinski definition) is 1. The van der Waals surface area contributed by atoms with Crippen molar-refractivity contribution in [1.29, 1.82) is 5.26 Å². The van der Waals surface area contributed by atoms with Gasteiger partial charge in [-0.1, -0.05) is 6.07 Å². The van der Waals surface area contributed by atoms with Crippen LogP contribution in [0.15, 0.2) is 18.2 Å². The Bertz CT molecular complexity index is 463. The monoisotopic (exact) mass is 232 g/mol. The van der Waals surface area contributed by atoms with Gasteiger partial charge in [-0.2, -0.15) is 5.26 Å². The second kappa shape index (κ2) is 4.27. The maximum Gasteiger partial charge on any atom is 0.161 e. The standard InChI is InChI=1S/C13H16N2O2/c1-13(2,8-14)12(15)9-3-4-10-11(7-9)17-6-5-16-10/h3-4,7,12H,5-6,15H2,1-2H3. The van der Waals surface area contributed by atoms with Crippen LogP contribution in [0.5, 0.6) is 11.5 Å². The van der Waals surface area contributed by atoms with Crippen LogP contribution < -0.4 is 15.2 Å². The predicted molar refractivity (Wildman–Crippen MR) is 63.8 cm³/mol. The molecule has 4 nitrogen and oxygen atoms in total. The van der Waals surface area contributed by atoms with Crippen LogP contribution >= 0.6 is 0 Å². The zero-order chi connectivity index (χ0) is 12.5. The molecule has 1 heterocycles. The summed E-state index contributed by atoms with van der Waals surface area (Å²) in [7, 11) is 0. The molecule has 0 bridgehead atoms. The predicted octanol–water partition coefficient (Wildman–Crippen LogP) is 2.01. The SMILES string of the molecule is CC(C)(C#N)C(N)c1ccc2c(c1)OCCO2. The highest BCUT2D eigenvalue weighted by Gasteiger charge is 2.28. The number of rotatable bonds is 2. The summed E-state index contributed by atoms with van der Waals surface area (Å²) in [4.78, 5) is 0. The van der Waals surface area contributed by atoms with Gasteiger partial charge >= 0.3 is 0 Å². The summed E-state index contributed by atoms with van der Waals surface area (Å²) in [6, 6.07) is 7.47. The van der Waals surface area contributed by atoms with Crippen molar-refractivity contribution in [2.75, 3.05) is 13.2 Å². The first-order valence-corrected chi connectivity index (χ1v) is 5.61. The van der Waals surface area contributed by atoms with E-state index in [1.54, 1.807) is 0 Å². The quantitative estimate of drug-likeness (QED) is 0.846. The van der Waals surface area contributed by atoms with Gasteiger partial charge in [-0.25, -0.2) is 0 Å². The average molecular weight is 232 g/mol. The van der Waals surface area contributed by atoms with E-state index in [1.165, 1.54) is 0 Å². The van der Waals surface area contributed by atoms with Crippen LogP contribution in [0.3, 0.4) is 0 Å². The maximum atomic E-state index is 9.08. The van der Waals surface area contributed by atoms with Crippen molar-refractivity contribution >= 4 is 0 Å². The molecule has 1 unspecified atom stereocenters. The number of ether oxygens (including phenoxy) is 2. The zero-order valence-electron chi connectivity index (χ0n) is 10.1. The number of nitrogens with zero attached hydrogens (tertiary/aromatic N) is 1. The van der Waals surface area contributed by atoms with Gasteiger partial charge < -0.3 is 15.2 Å². The average Bonchev–Trinajstić information content (AvgIpc) is 2.37. The smallest absolute Gasteiger partial charge is 0.161 e. The molecule has 1 aromatic rings. The van der Waals surface area contributed by atoms with Gasteiger partial charge in [0.1, 0.15) is 13.2 Å². The molecule has 1 aromatic carbocycles. The highest BCUT2D eigenvalue weighted by Crippen LogP contribution is 2.36. The Balaban J connectivity index is 2.32. The van der Waals surface area contributed by atoms with Crippen molar-refractivity contribution in [3.05, 3.63) is 23.8 Å². The lowest BCUT2D eigenvalue weighted by Gasteiger charge is -2.26. The molecule has 0 saturated carbocycles. The minimum absolute atomic E-state index is 0.344. The van der Waals surface area contributed by atoms with Crippen LogP contribution in [0.1, 0.15) is 25.5 Å². The number of nitrogens with two attached hydrogens (primary N) is 1. The molecule has 1 aliphatic heterocycles. The van der Waals surface area contributed by atoms with Crippen molar-refractivity contribution in [3.63, 3.8) is 0 Å². The van der Waals surface area contributed by atoms with Crippen molar-refractivity contribution < 1.29 is 9.47 Å². The third-order valence-electron chi connectivity index (χ3n) is 2.99. The van der Waals surface area contributed by atoms with E-state index < -0.39 is 5.41 Å². The summed E-state index contributed by atoms with van der Waals surface area (Å²) >= 11 is 0. The van der Waals surface area contributed by atoms with Gasteiger partial charge in [-0.3, -0.25) is 0 Å². The summed E-state index contributed by atoms with van der Waals surface area (Å²) < 4.78 is 10.9. The molecular weight excluding hydrogens is 216 g/mol. The molecular formula is C13H16N2O2. The van der Waals surface area contributed by atoms with Gasteiger partial charge in [0.2, 0.25) is 0 Å². The van der Waals surface area contributed by atoms with E-state index in [2.05, 4.69) is 6.07 Å². The number of benzene rings is 1. The van der Waals surface area contributed by atoms with Crippen LogP contribution in [0.4, 0.5) is 0 Å². The third kappa shape index (κ3) is 2.20. The summed E-state index contributed by atoms with van der Waals surface area (Å²) in [5, 5.41) is 9.08. The topological polar surface area (TPSA) is 68.3 Å². The molecule has 4 heteroatoms. The molecule has 0 radical (unpaired) electrons. The fourth-order valence-electron chi connectivity index (χ4n) is 1.74. The summed E-state index contributed by atoms with van der Waals surface area (Å²) in [5.74, 6) is 1.44. The Hall–Kier alpha value is -1.73. The zero-order valence-corrected chi connectivity index (χ0v) is 10.1. The largest absolute Gasteiger partial charge is 0.486 e. The van der Waals surface area contributed by atoms with E-state index in [0.29, 0.717) is 19.0 Å². The van der Waals surface area contributed by atoms with E-state index in [0.717, 1.165) is 11.3 Å². The van der Waals surface area contributed by atoms with Crippen LogP contribution in [0, 0.1) is 16.7 Å². The molecule has 0 saturated heterocycles. The van der Waals surface area contributed by atoms with Gasteiger partial charge in [0, 0.05) is 6.04 Å². The molecule has 0 fully saturated rings. The molecule has 0 aromatic heterocycles. The lowest BCUT2D eigenvalue weighted by molar-refractivity contribution is 0.171. The Morgan fingerprint density at radius 2 is 1.94 bits per heavy atom. The molecule has 17 heavy (non-hydrogen) atoms. The number of hydrogen-bond acceptors (Lipinski definition) is 4. The Morgan fingerprint density at radius 1 is 1.29 bits per heavy atom. The number of nitriles is 1. The fourth-order valence-corrected chi connectivity index (χ4v) is 1.74. The first-order chi connectivity index (χ1) is 8.04. The van der Waals surface area contributed by atoms with Crippen LogP contribution in [0.2, 0.25) is 0 Å². The molecule has 1 aliphatic rings. The Kier molecular flexibility index (Phi) is 2.95. The molecule has 2 N–H and O–H groups in total. The van der Waals surface area contributed by atoms with E-state index >= 15 is 0 Å². The minimum Gasteiger partial charge on any atom is -0.486 e. The highest BCUT2D eigenvalue weighted by atomic mass is 16.6. The van der Waals surface area contributed by atoms with Crippen LogP contribution in [0.25, 0.3) is 0 Å². The van der Waals surface area contributed by atoms with Gasteiger partial charge in [-0.05, 0) is 31.5 Å². The van der Waals surface area contributed by atoms with Crippen LogP contribution in [-0.2, 0) is 0 Å². The van der Waals surface area contributed by atoms with E-state index in [4.69, 9.17) is 20.5 Å². The van der Waals surface area contributed by atoms with E-state index in [1.807, 2.05) is 32.0 Å². The van der Waals surface area contributed by atoms with Crippen molar-refractivity contribution in [2.24, 2.45) is 11.1 Å². The highest BCUT2D eigenvalue weighted by molar-refractivity contribution is 5.45. The maximum absolute atomic E-state index is 9.08. The lowest BCUT2D eigenvalue weighted by atomic mass is 9.82. The summed E-state index contributed by atoms with van der Waals surface area (Å²) in [5.41, 5.74) is 6.38. The van der Waals surface area contributed by atoms with Gasteiger partial charge in [-0.15, -0.1) is 0 Å². The first kappa shape index (κ1) is 11.7. The third-order valence-corrected chi connectivity index (χ3v) is 2.99. The molecule has 0 aliphatic carbocycles. The fraction of sp³-hybridized carbons (Fsp3) is 0.462. The van der Waals surface area contributed by atoms with Gasteiger partial charge in [0.25, 0.3) is 0 Å². The number of fused-ring (bicyclic) bond motifs is 1. The van der Waals surface area contributed by atoms with Crippen molar-refractivity contribution in [3.8, 4) is 17.6 Å². The van der Waals surface area contributed by atoms with Crippen molar-refractivity contribution in [1.82, 2.24) is 0 Å². The molecule has 1 atom stereocenters. The van der Waals surface area contributed by atoms with Crippen LogP contribution in [-0.4, -0.2) is 13.2 Å². The lowest BCUT2D eigenvalue weighted by Crippen LogP contribution is -2.28. The molecule has 0 amide bonds. The van der Waals surface area contributed by atoms with E-state index in [-0.39, 0.29) is 6.04 Å². The Labute approximate surface area is 101 Å². The minimum atomic E-state index is -0.607. The molecule has 0 spiro atoms. The van der Waals surface area contributed by atoms with Crippen molar-refractivity contribution in [2.45, 2.75) is 19.9 Å². The first-order valence-electron chi connectivity index (χ1n) is 5.61. The molecule has 90 valence electrons. The summed E-state index contributed by atoms with van der Waals surface area (Å²) in [6.45, 7) is 4.78. The van der Waals surface area contributed by atoms with Gasteiger partial charge in [0.15, 0.2) is 11.5 Å². The Morgan fingerprint density at radius 3 is 2.59 bits per heavy atom. The molecule has 2 rings (SSSR count). The second-order valence-electron chi connectivity index (χ2n) is 4.71. The normalized spacial score (nSPS) is 16.1.